The highest BCUT2D eigenvalue weighted by atomic mass is 15.2. The van der Waals surface area contributed by atoms with Gasteiger partial charge in [0.2, 0.25) is 0 Å². The van der Waals surface area contributed by atoms with Gasteiger partial charge in [0, 0.05) is 12.1 Å². The van der Waals surface area contributed by atoms with Crippen LogP contribution in [0.15, 0.2) is 0 Å². The molecule has 0 heterocycles. The van der Waals surface area contributed by atoms with Gasteiger partial charge >= 0.3 is 0 Å². The van der Waals surface area contributed by atoms with E-state index in [0.717, 1.165) is 19.5 Å². The van der Waals surface area contributed by atoms with Crippen LogP contribution in [0.3, 0.4) is 0 Å². The molecule has 1 saturated carbocycles. The predicted octanol–water partition coefficient (Wildman–Crippen LogP) is 2.92. The molecule has 3 heteroatoms. The molecule has 3 nitrogen and oxygen atoms in total. The highest BCUT2D eigenvalue weighted by molar-refractivity contribution is 5.08. The van der Waals surface area contributed by atoms with E-state index in [-0.39, 0.29) is 5.54 Å². The fraction of sp³-hybridized carbons (Fsp3) is 0.933. The maximum Gasteiger partial charge on any atom is 0.105 e. The molecular weight excluding hydrogens is 222 g/mol. The molecule has 104 valence electrons. The van der Waals surface area contributed by atoms with Gasteiger partial charge in [-0.1, -0.05) is 13.8 Å². The van der Waals surface area contributed by atoms with Crippen LogP contribution in [0, 0.1) is 11.3 Å². The van der Waals surface area contributed by atoms with Gasteiger partial charge in [-0.05, 0) is 59.0 Å². The van der Waals surface area contributed by atoms with Gasteiger partial charge in [0.05, 0.1) is 6.07 Å². The van der Waals surface area contributed by atoms with Crippen molar-refractivity contribution in [3.63, 3.8) is 0 Å². The third-order valence-corrected chi connectivity index (χ3v) is 3.70. The molecule has 0 aromatic rings. The smallest absolute Gasteiger partial charge is 0.105 e. The highest BCUT2D eigenvalue weighted by Gasteiger charge is 2.34. The second kappa shape index (κ2) is 7.11. The Labute approximate surface area is 113 Å². The molecule has 1 N–H and O–H groups in total. The number of nitrogens with zero attached hydrogens (tertiary/aromatic N) is 2. The van der Waals surface area contributed by atoms with E-state index in [4.69, 9.17) is 0 Å². The number of hydrogen-bond acceptors (Lipinski definition) is 3. The van der Waals surface area contributed by atoms with Crippen molar-refractivity contribution in [1.82, 2.24) is 10.2 Å². The molecule has 1 aliphatic rings. The zero-order valence-corrected chi connectivity index (χ0v) is 12.5. The second-order valence-corrected chi connectivity index (χ2v) is 5.95. The fourth-order valence-corrected chi connectivity index (χ4v) is 2.66. The lowest BCUT2D eigenvalue weighted by Crippen LogP contribution is -2.48. The van der Waals surface area contributed by atoms with E-state index in [0.29, 0.717) is 12.1 Å². The van der Waals surface area contributed by atoms with E-state index in [2.05, 4.69) is 44.0 Å². The van der Waals surface area contributed by atoms with E-state index in [1.807, 2.05) is 0 Å². The first-order valence-corrected chi connectivity index (χ1v) is 7.47. The summed E-state index contributed by atoms with van der Waals surface area (Å²) < 4.78 is 0. The normalized spacial score (nSPS) is 20.4. The molecule has 1 aliphatic carbocycles. The van der Waals surface area contributed by atoms with E-state index < -0.39 is 0 Å². The number of nitrogens with one attached hydrogen (secondary N) is 1. The van der Waals surface area contributed by atoms with Gasteiger partial charge in [-0.25, -0.2) is 0 Å². The van der Waals surface area contributed by atoms with E-state index in [1.165, 1.54) is 25.7 Å². The Kier molecular flexibility index (Phi) is 6.11. The molecule has 0 aromatic heterocycles. The van der Waals surface area contributed by atoms with Crippen LogP contribution in [-0.4, -0.2) is 35.6 Å². The number of nitriles is 1. The molecule has 2 unspecified atom stereocenters. The van der Waals surface area contributed by atoms with E-state index in [1.54, 1.807) is 0 Å². The molecule has 1 rings (SSSR count). The monoisotopic (exact) mass is 251 g/mol. The standard InChI is InChI=1S/C15H29N3/c1-5-9-18(10-6-2)13(3)11-15(4,12-16)17-14-7-8-14/h13-14,17H,5-11H2,1-4H3. The maximum absolute atomic E-state index is 9.42. The first-order valence-electron chi connectivity index (χ1n) is 7.47. The molecule has 0 bridgehead atoms. The number of hydrogen-bond donors (Lipinski definition) is 1. The zero-order chi connectivity index (χ0) is 13.6. The van der Waals surface area contributed by atoms with Crippen molar-refractivity contribution >= 4 is 0 Å². The average Bonchev–Trinajstić information content (AvgIpc) is 3.12. The first kappa shape index (κ1) is 15.5. The topological polar surface area (TPSA) is 39.1 Å². The molecule has 1 fully saturated rings. The van der Waals surface area contributed by atoms with Crippen LogP contribution in [0.25, 0.3) is 0 Å². The largest absolute Gasteiger partial charge is 0.301 e. The molecule has 0 radical (unpaired) electrons. The zero-order valence-electron chi connectivity index (χ0n) is 12.5. The molecule has 0 amide bonds. The van der Waals surface area contributed by atoms with E-state index >= 15 is 0 Å². The fourth-order valence-electron chi connectivity index (χ4n) is 2.66. The summed E-state index contributed by atoms with van der Waals surface area (Å²) in [5, 5.41) is 12.9. The van der Waals surface area contributed by atoms with Crippen molar-refractivity contribution in [1.29, 1.82) is 5.26 Å². The number of rotatable bonds is 9. The molecule has 0 aliphatic heterocycles. The average molecular weight is 251 g/mol. The Morgan fingerprint density at radius 1 is 1.33 bits per heavy atom. The Bertz CT molecular complexity index is 274. The van der Waals surface area contributed by atoms with Gasteiger partial charge < -0.3 is 4.90 Å². The van der Waals surface area contributed by atoms with Crippen LogP contribution < -0.4 is 5.32 Å². The van der Waals surface area contributed by atoms with E-state index in [9.17, 15) is 5.26 Å². The summed E-state index contributed by atoms with van der Waals surface area (Å²) in [6, 6.07) is 3.55. The third-order valence-electron chi connectivity index (χ3n) is 3.70. The summed E-state index contributed by atoms with van der Waals surface area (Å²) >= 11 is 0. The molecule has 0 aromatic carbocycles. The quantitative estimate of drug-likeness (QED) is 0.685. The minimum absolute atomic E-state index is 0.361. The lowest BCUT2D eigenvalue weighted by atomic mass is 9.94. The van der Waals surface area contributed by atoms with Gasteiger partial charge in [0.1, 0.15) is 5.54 Å². The van der Waals surface area contributed by atoms with Crippen molar-refractivity contribution in [3.05, 3.63) is 0 Å². The van der Waals surface area contributed by atoms with Crippen molar-refractivity contribution in [3.8, 4) is 6.07 Å². The molecule has 2 atom stereocenters. The van der Waals surface area contributed by atoms with Crippen molar-refractivity contribution in [2.45, 2.75) is 77.4 Å². The predicted molar refractivity (Wildman–Crippen MR) is 76.4 cm³/mol. The van der Waals surface area contributed by atoms with Crippen LogP contribution in [0.2, 0.25) is 0 Å². The molecule has 0 saturated heterocycles. The summed E-state index contributed by atoms with van der Waals surface area (Å²) in [7, 11) is 0. The first-order chi connectivity index (χ1) is 8.54. The van der Waals surface area contributed by atoms with Crippen molar-refractivity contribution < 1.29 is 0 Å². The van der Waals surface area contributed by atoms with Gasteiger partial charge in [-0.15, -0.1) is 0 Å². The molecular formula is C15H29N3. The maximum atomic E-state index is 9.42. The molecule has 0 spiro atoms. The van der Waals surface area contributed by atoms with Crippen LogP contribution in [0.1, 0.15) is 59.8 Å². The third kappa shape index (κ3) is 4.96. The summed E-state index contributed by atoms with van der Waals surface area (Å²) in [6.45, 7) is 11.0. The van der Waals surface area contributed by atoms with Crippen LogP contribution >= 0.6 is 0 Å². The summed E-state index contributed by atoms with van der Waals surface area (Å²) in [6.07, 6.45) is 5.76. The second-order valence-electron chi connectivity index (χ2n) is 5.95. The van der Waals surface area contributed by atoms with Crippen molar-refractivity contribution in [2.24, 2.45) is 0 Å². The Morgan fingerprint density at radius 2 is 1.89 bits per heavy atom. The van der Waals surface area contributed by atoms with Crippen LogP contribution in [0.5, 0.6) is 0 Å². The SMILES string of the molecule is CCCN(CCC)C(C)CC(C)(C#N)NC1CC1. The highest BCUT2D eigenvalue weighted by Crippen LogP contribution is 2.25. The molecule has 18 heavy (non-hydrogen) atoms. The Morgan fingerprint density at radius 3 is 2.28 bits per heavy atom. The van der Waals surface area contributed by atoms with Gasteiger partial charge in [0.15, 0.2) is 0 Å². The van der Waals surface area contributed by atoms with Gasteiger partial charge in [-0.2, -0.15) is 5.26 Å². The van der Waals surface area contributed by atoms with Crippen LogP contribution in [0.4, 0.5) is 0 Å². The summed E-state index contributed by atoms with van der Waals surface area (Å²) in [5.41, 5.74) is -0.361. The van der Waals surface area contributed by atoms with Gasteiger partial charge in [0.25, 0.3) is 0 Å². The minimum atomic E-state index is -0.361. The minimum Gasteiger partial charge on any atom is -0.301 e. The van der Waals surface area contributed by atoms with Crippen molar-refractivity contribution in [2.75, 3.05) is 13.1 Å². The Hall–Kier alpha value is -0.590. The summed E-state index contributed by atoms with van der Waals surface area (Å²) in [4.78, 5) is 2.52. The lowest BCUT2D eigenvalue weighted by Gasteiger charge is -2.34. The summed E-state index contributed by atoms with van der Waals surface area (Å²) in [5.74, 6) is 0. The van der Waals surface area contributed by atoms with Crippen LogP contribution in [-0.2, 0) is 0 Å². The Balaban J connectivity index is 2.52. The van der Waals surface area contributed by atoms with Gasteiger partial charge in [-0.3, -0.25) is 5.32 Å². The lowest BCUT2D eigenvalue weighted by molar-refractivity contribution is 0.175.